The van der Waals surface area contributed by atoms with Gasteiger partial charge in [0.1, 0.15) is 5.82 Å². The lowest BCUT2D eigenvalue weighted by atomic mass is 10.3. The largest absolute Gasteiger partial charge is 0.310 e. The van der Waals surface area contributed by atoms with E-state index in [1.54, 1.807) is 18.3 Å². The van der Waals surface area contributed by atoms with Gasteiger partial charge in [0.25, 0.3) is 0 Å². The smallest absolute Gasteiger partial charge is 0.239 e. The van der Waals surface area contributed by atoms with Crippen LogP contribution in [0.4, 0.5) is 5.82 Å². The van der Waals surface area contributed by atoms with Crippen molar-refractivity contribution in [1.82, 2.24) is 4.98 Å². The minimum Gasteiger partial charge on any atom is -0.310 e. The van der Waals surface area contributed by atoms with E-state index in [1.165, 1.54) is 0 Å². The SMILES string of the molecule is CCC(Br)C(=O)Nc1ccccn1. The molecule has 1 atom stereocenters. The maximum Gasteiger partial charge on any atom is 0.239 e. The van der Waals surface area contributed by atoms with E-state index >= 15 is 0 Å². The Balaban J connectivity index is 2.55. The van der Waals surface area contributed by atoms with Gasteiger partial charge in [-0.3, -0.25) is 4.79 Å². The fraction of sp³-hybridized carbons (Fsp3) is 0.333. The maximum absolute atomic E-state index is 11.3. The molecule has 1 N–H and O–H groups in total. The van der Waals surface area contributed by atoms with Crippen LogP contribution >= 0.6 is 15.9 Å². The summed E-state index contributed by atoms with van der Waals surface area (Å²) in [6, 6.07) is 5.40. The molecule has 1 amide bonds. The summed E-state index contributed by atoms with van der Waals surface area (Å²) in [7, 11) is 0. The number of halogens is 1. The van der Waals surface area contributed by atoms with Gasteiger partial charge in [-0.25, -0.2) is 4.98 Å². The highest BCUT2D eigenvalue weighted by Gasteiger charge is 2.11. The number of anilines is 1. The Kier molecular flexibility index (Phi) is 3.89. The van der Waals surface area contributed by atoms with Gasteiger partial charge < -0.3 is 5.32 Å². The van der Waals surface area contributed by atoms with Crippen molar-refractivity contribution in [1.29, 1.82) is 0 Å². The first-order valence-electron chi connectivity index (χ1n) is 4.10. The molecule has 0 aliphatic heterocycles. The summed E-state index contributed by atoms with van der Waals surface area (Å²) in [5.74, 6) is 0.534. The van der Waals surface area contributed by atoms with Crippen LogP contribution in [0.1, 0.15) is 13.3 Å². The van der Waals surface area contributed by atoms with Crippen LogP contribution < -0.4 is 5.32 Å². The molecule has 3 nitrogen and oxygen atoms in total. The average molecular weight is 243 g/mol. The van der Waals surface area contributed by atoms with Gasteiger partial charge in [0.15, 0.2) is 0 Å². The van der Waals surface area contributed by atoms with Crippen LogP contribution in [0.15, 0.2) is 24.4 Å². The molecule has 1 aromatic heterocycles. The predicted molar refractivity (Wildman–Crippen MR) is 55.9 cm³/mol. The number of carbonyl (C=O) groups is 1. The van der Waals surface area contributed by atoms with E-state index in [-0.39, 0.29) is 10.7 Å². The summed E-state index contributed by atoms with van der Waals surface area (Å²) in [4.78, 5) is 15.2. The lowest BCUT2D eigenvalue weighted by Crippen LogP contribution is -2.22. The zero-order valence-electron chi connectivity index (χ0n) is 7.33. The molecule has 1 unspecified atom stereocenters. The van der Waals surface area contributed by atoms with Crippen LogP contribution in [0.5, 0.6) is 0 Å². The maximum atomic E-state index is 11.3. The third kappa shape index (κ3) is 3.14. The Hall–Kier alpha value is -0.900. The summed E-state index contributed by atoms with van der Waals surface area (Å²) in [6.45, 7) is 1.94. The summed E-state index contributed by atoms with van der Waals surface area (Å²) in [5.41, 5.74) is 0. The third-order valence-electron chi connectivity index (χ3n) is 1.56. The fourth-order valence-electron chi connectivity index (χ4n) is 0.827. The van der Waals surface area contributed by atoms with E-state index < -0.39 is 0 Å². The van der Waals surface area contributed by atoms with Crippen molar-refractivity contribution in [3.05, 3.63) is 24.4 Å². The van der Waals surface area contributed by atoms with Gasteiger partial charge >= 0.3 is 0 Å². The molecule has 1 aromatic rings. The Morgan fingerprint density at radius 2 is 2.46 bits per heavy atom. The molecule has 0 aliphatic carbocycles. The second kappa shape index (κ2) is 4.97. The monoisotopic (exact) mass is 242 g/mol. The van der Waals surface area contributed by atoms with E-state index in [4.69, 9.17) is 0 Å². The summed E-state index contributed by atoms with van der Waals surface area (Å²) in [5, 5.41) is 2.70. The van der Waals surface area contributed by atoms with Crippen molar-refractivity contribution in [2.24, 2.45) is 0 Å². The number of hydrogen-bond acceptors (Lipinski definition) is 2. The zero-order valence-corrected chi connectivity index (χ0v) is 8.91. The van der Waals surface area contributed by atoms with E-state index in [9.17, 15) is 4.79 Å². The molecule has 0 aliphatic rings. The van der Waals surface area contributed by atoms with Crippen LogP contribution in [0.25, 0.3) is 0 Å². The number of alkyl halides is 1. The second-order valence-corrected chi connectivity index (χ2v) is 3.69. The zero-order chi connectivity index (χ0) is 9.68. The van der Waals surface area contributed by atoms with Crippen LogP contribution in [0, 0.1) is 0 Å². The molecule has 0 saturated carbocycles. The Labute approximate surface area is 85.7 Å². The topological polar surface area (TPSA) is 42.0 Å². The molecular formula is C9H11BrN2O. The van der Waals surface area contributed by atoms with Gasteiger partial charge in [0.2, 0.25) is 5.91 Å². The molecule has 1 heterocycles. The van der Waals surface area contributed by atoms with Crippen molar-refractivity contribution < 1.29 is 4.79 Å². The molecule has 13 heavy (non-hydrogen) atoms. The first-order chi connectivity index (χ1) is 6.24. The quantitative estimate of drug-likeness (QED) is 0.827. The second-order valence-electron chi connectivity index (χ2n) is 2.58. The molecule has 0 aromatic carbocycles. The standard InChI is InChI=1S/C9H11BrN2O/c1-2-7(10)9(13)12-8-5-3-4-6-11-8/h3-7H,2H2,1H3,(H,11,12,13). The average Bonchev–Trinajstić information content (AvgIpc) is 2.18. The highest BCUT2D eigenvalue weighted by molar-refractivity contribution is 9.10. The normalized spacial score (nSPS) is 12.2. The van der Waals surface area contributed by atoms with Gasteiger partial charge in [-0.1, -0.05) is 28.9 Å². The number of amides is 1. The van der Waals surface area contributed by atoms with Crippen molar-refractivity contribution >= 4 is 27.7 Å². The number of nitrogens with one attached hydrogen (secondary N) is 1. The van der Waals surface area contributed by atoms with E-state index in [0.717, 1.165) is 6.42 Å². The molecule has 0 fully saturated rings. The van der Waals surface area contributed by atoms with Crippen molar-refractivity contribution in [2.75, 3.05) is 5.32 Å². The number of aromatic nitrogens is 1. The minimum atomic E-state index is -0.144. The fourth-order valence-corrected chi connectivity index (χ4v) is 0.941. The number of rotatable bonds is 3. The number of nitrogens with zero attached hydrogens (tertiary/aromatic N) is 1. The van der Waals surface area contributed by atoms with Crippen molar-refractivity contribution in [2.45, 2.75) is 18.2 Å². The highest BCUT2D eigenvalue weighted by Crippen LogP contribution is 2.08. The van der Waals surface area contributed by atoms with Gasteiger partial charge in [-0.2, -0.15) is 0 Å². The molecule has 4 heteroatoms. The van der Waals surface area contributed by atoms with Gasteiger partial charge in [0, 0.05) is 6.20 Å². The van der Waals surface area contributed by atoms with Crippen LogP contribution in [0.3, 0.4) is 0 Å². The molecule has 0 saturated heterocycles. The lowest BCUT2D eigenvalue weighted by molar-refractivity contribution is -0.115. The van der Waals surface area contributed by atoms with Crippen molar-refractivity contribution in [3.8, 4) is 0 Å². The summed E-state index contributed by atoms with van der Waals surface area (Å²) >= 11 is 3.26. The van der Waals surface area contributed by atoms with Gasteiger partial charge in [-0.05, 0) is 18.6 Å². The Morgan fingerprint density at radius 3 is 3.00 bits per heavy atom. The lowest BCUT2D eigenvalue weighted by Gasteiger charge is -2.06. The summed E-state index contributed by atoms with van der Waals surface area (Å²) < 4.78 is 0. The molecule has 1 rings (SSSR count). The first-order valence-corrected chi connectivity index (χ1v) is 5.01. The number of carbonyl (C=O) groups excluding carboxylic acids is 1. The summed E-state index contributed by atoms with van der Waals surface area (Å²) in [6.07, 6.45) is 2.41. The van der Waals surface area contributed by atoms with E-state index in [2.05, 4.69) is 26.2 Å². The molecule has 0 spiro atoms. The van der Waals surface area contributed by atoms with Crippen molar-refractivity contribution in [3.63, 3.8) is 0 Å². The Bertz CT molecular complexity index is 276. The number of hydrogen-bond donors (Lipinski definition) is 1. The van der Waals surface area contributed by atoms with E-state index in [1.807, 2.05) is 13.0 Å². The van der Waals surface area contributed by atoms with Crippen LogP contribution in [0.2, 0.25) is 0 Å². The van der Waals surface area contributed by atoms with E-state index in [0.29, 0.717) is 5.82 Å². The molecule has 0 radical (unpaired) electrons. The predicted octanol–water partition coefficient (Wildman–Crippen LogP) is 2.19. The molecule has 70 valence electrons. The molecular weight excluding hydrogens is 232 g/mol. The highest BCUT2D eigenvalue weighted by atomic mass is 79.9. The Morgan fingerprint density at radius 1 is 1.69 bits per heavy atom. The molecule has 0 bridgehead atoms. The number of pyridine rings is 1. The van der Waals surface area contributed by atoms with Gasteiger partial charge in [-0.15, -0.1) is 0 Å². The van der Waals surface area contributed by atoms with Crippen LogP contribution in [-0.2, 0) is 4.79 Å². The van der Waals surface area contributed by atoms with Crippen LogP contribution in [-0.4, -0.2) is 15.7 Å². The first kappa shape index (κ1) is 10.2. The minimum absolute atomic E-state index is 0.0544. The van der Waals surface area contributed by atoms with Gasteiger partial charge in [0.05, 0.1) is 4.83 Å². The third-order valence-corrected chi connectivity index (χ3v) is 2.62.